The minimum Gasteiger partial charge on any atom is -0.494 e. The van der Waals surface area contributed by atoms with Crippen LogP contribution in [0.15, 0.2) is 54.6 Å². The van der Waals surface area contributed by atoms with Crippen LogP contribution in [0.2, 0.25) is 5.02 Å². The van der Waals surface area contributed by atoms with Gasteiger partial charge in [0.1, 0.15) is 5.75 Å². The molecular weight excluding hydrogens is 362 g/mol. The van der Waals surface area contributed by atoms with Gasteiger partial charge in [-0.1, -0.05) is 41.9 Å². The fraction of sp³-hybridized carbons (Fsp3) is 0.409. The Labute approximate surface area is 165 Å². The van der Waals surface area contributed by atoms with Crippen LogP contribution in [0.4, 0.5) is 0 Å². The van der Waals surface area contributed by atoms with Crippen LogP contribution in [0.25, 0.3) is 0 Å². The second-order valence-corrected chi connectivity index (χ2v) is 7.38. The highest BCUT2D eigenvalue weighted by atomic mass is 35.5. The highest BCUT2D eigenvalue weighted by Crippen LogP contribution is 2.34. The number of hydrogen-bond donors (Lipinski definition) is 1. The van der Waals surface area contributed by atoms with Gasteiger partial charge in [0.2, 0.25) is 5.91 Å². The van der Waals surface area contributed by atoms with Gasteiger partial charge in [-0.3, -0.25) is 4.79 Å². The number of carbonyl (C=O) groups is 1. The fourth-order valence-electron chi connectivity index (χ4n) is 3.43. The Balaban J connectivity index is 1.44. The molecule has 0 atom stereocenters. The van der Waals surface area contributed by atoms with E-state index in [9.17, 15) is 4.79 Å². The van der Waals surface area contributed by atoms with E-state index in [2.05, 4.69) is 29.6 Å². The van der Waals surface area contributed by atoms with Crippen molar-refractivity contribution in [1.82, 2.24) is 5.32 Å². The predicted molar refractivity (Wildman–Crippen MR) is 107 cm³/mol. The maximum Gasteiger partial charge on any atom is 0.220 e. The Morgan fingerprint density at radius 3 is 2.48 bits per heavy atom. The number of benzene rings is 2. The third-order valence-electron chi connectivity index (χ3n) is 5.09. The van der Waals surface area contributed by atoms with E-state index < -0.39 is 0 Å². The van der Waals surface area contributed by atoms with Crippen LogP contribution in [-0.4, -0.2) is 32.3 Å². The van der Waals surface area contributed by atoms with Gasteiger partial charge in [0.05, 0.1) is 6.61 Å². The van der Waals surface area contributed by atoms with Gasteiger partial charge in [-0.15, -0.1) is 0 Å². The molecule has 1 amide bonds. The molecule has 1 saturated heterocycles. The zero-order chi connectivity index (χ0) is 19.0. The molecule has 0 radical (unpaired) electrons. The van der Waals surface area contributed by atoms with Gasteiger partial charge < -0.3 is 14.8 Å². The Bertz CT molecular complexity index is 712. The molecule has 1 N–H and O–H groups in total. The molecule has 0 bridgehead atoms. The molecule has 144 valence electrons. The molecule has 2 aromatic carbocycles. The van der Waals surface area contributed by atoms with Crippen molar-refractivity contribution in [2.24, 2.45) is 0 Å². The summed E-state index contributed by atoms with van der Waals surface area (Å²) in [6.45, 7) is 2.63. The molecule has 1 heterocycles. The van der Waals surface area contributed by atoms with Crippen LogP contribution in [0.1, 0.15) is 31.2 Å². The summed E-state index contributed by atoms with van der Waals surface area (Å²) in [6.07, 6.45) is 2.98. The SMILES string of the molecule is O=C(CCCOc1ccc(Cl)cc1)NCC1(c2ccccc2)CCOCC1. The monoisotopic (exact) mass is 387 g/mol. The number of amides is 1. The molecule has 0 spiro atoms. The highest BCUT2D eigenvalue weighted by Gasteiger charge is 2.34. The second-order valence-electron chi connectivity index (χ2n) is 6.94. The smallest absolute Gasteiger partial charge is 0.220 e. The normalized spacial score (nSPS) is 15.9. The van der Waals surface area contributed by atoms with E-state index >= 15 is 0 Å². The summed E-state index contributed by atoms with van der Waals surface area (Å²) < 4.78 is 11.2. The Morgan fingerprint density at radius 1 is 1.07 bits per heavy atom. The molecule has 0 aromatic heterocycles. The molecule has 27 heavy (non-hydrogen) atoms. The van der Waals surface area contributed by atoms with E-state index in [0.29, 0.717) is 31.0 Å². The first kappa shape index (κ1) is 19.7. The molecule has 1 aliphatic rings. The van der Waals surface area contributed by atoms with Crippen LogP contribution < -0.4 is 10.1 Å². The van der Waals surface area contributed by atoms with Crippen LogP contribution in [0.3, 0.4) is 0 Å². The van der Waals surface area contributed by atoms with E-state index in [1.165, 1.54) is 5.56 Å². The molecule has 0 saturated carbocycles. The number of rotatable bonds is 8. The maximum atomic E-state index is 12.3. The van der Waals surface area contributed by atoms with E-state index in [1.807, 2.05) is 18.2 Å². The number of halogens is 1. The van der Waals surface area contributed by atoms with E-state index in [4.69, 9.17) is 21.1 Å². The average molecular weight is 388 g/mol. The summed E-state index contributed by atoms with van der Waals surface area (Å²) in [5.74, 6) is 0.835. The van der Waals surface area contributed by atoms with Gasteiger partial charge in [0.25, 0.3) is 0 Å². The third-order valence-corrected chi connectivity index (χ3v) is 5.34. The van der Waals surface area contributed by atoms with E-state index in [1.54, 1.807) is 12.1 Å². The van der Waals surface area contributed by atoms with Crippen molar-refractivity contribution in [1.29, 1.82) is 0 Å². The zero-order valence-electron chi connectivity index (χ0n) is 15.5. The van der Waals surface area contributed by atoms with Crippen LogP contribution in [0, 0.1) is 0 Å². The molecule has 0 aliphatic carbocycles. The first-order valence-corrected chi connectivity index (χ1v) is 9.84. The molecule has 0 unspecified atom stereocenters. The Kier molecular flexibility index (Phi) is 7.13. The van der Waals surface area contributed by atoms with Crippen molar-refractivity contribution in [3.8, 4) is 5.75 Å². The number of hydrogen-bond acceptors (Lipinski definition) is 3. The van der Waals surface area contributed by atoms with E-state index in [0.717, 1.165) is 31.8 Å². The summed E-state index contributed by atoms with van der Waals surface area (Å²) in [4.78, 5) is 12.3. The summed E-state index contributed by atoms with van der Waals surface area (Å²) in [6, 6.07) is 17.7. The van der Waals surface area contributed by atoms with Gasteiger partial charge in [-0.2, -0.15) is 0 Å². The van der Waals surface area contributed by atoms with Crippen molar-refractivity contribution in [3.63, 3.8) is 0 Å². The standard InChI is InChI=1S/C22H26ClNO3/c23-19-8-10-20(11-9-19)27-14-4-7-21(25)24-17-22(12-15-26-16-13-22)18-5-2-1-3-6-18/h1-3,5-6,8-11H,4,7,12-17H2,(H,24,25). The number of ether oxygens (including phenoxy) is 2. The zero-order valence-corrected chi connectivity index (χ0v) is 16.2. The van der Waals surface area contributed by atoms with Crippen molar-refractivity contribution in [2.45, 2.75) is 31.1 Å². The van der Waals surface area contributed by atoms with E-state index in [-0.39, 0.29) is 11.3 Å². The quantitative estimate of drug-likeness (QED) is 0.684. The topological polar surface area (TPSA) is 47.6 Å². The second kappa shape index (κ2) is 9.77. The summed E-state index contributed by atoms with van der Waals surface area (Å²) in [7, 11) is 0. The number of nitrogens with one attached hydrogen (secondary N) is 1. The molecule has 1 aliphatic heterocycles. The van der Waals surface area contributed by atoms with Gasteiger partial charge in [-0.25, -0.2) is 0 Å². The van der Waals surface area contributed by atoms with Gasteiger partial charge in [0.15, 0.2) is 0 Å². The lowest BCUT2D eigenvalue weighted by atomic mass is 9.74. The van der Waals surface area contributed by atoms with Crippen LogP contribution in [0.5, 0.6) is 5.75 Å². The first-order chi connectivity index (χ1) is 13.2. The van der Waals surface area contributed by atoms with Crippen LogP contribution >= 0.6 is 11.6 Å². The van der Waals surface area contributed by atoms with Crippen molar-refractivity contribution in [3.05, 3.63) is 65.2 Å². The van der Waals surface area contributed by atoms with Gasteiger partial charge in [-0.05, 0) is 49.1 Å². The van der Waals surface area contributed by atoms with Crippen molar-refractivity contribution >= 4 is 17.5 Å². The van der Waals surface area contributed by atoms with Gasteiger partial charge >= 0.3 is 0 Å². The third kappa shape index (κ3) is 5.72. The molecule has 3 rings (SSSR count). The first-order valence-electron chi connectivity index (χ1n) is 9.46. The number of carbonyl (C=O) groups excluding carboxylic acids is 1. The fourth-order valence-corrected chi connectivity index (χ4v) is 3.56. The maximum absolute atomic E-state index is 12.3. The lowest BCUT2D eigenvalue weighted by Crippen LogP contribution is -2.44. The average Bonchev–Trinajstić information content (AvgIpc) is 2.72. The lowest BCUT2D eigenvalue weighted by Gasteiger charge is -2.38. The summed E-state index contributed by atoms with van der Waals surface area (Å²) in [5, 5.41) is 3.81. The molecule has 4 nitrogen and oxygen atoms in total. The lowest BCUT2D eigenvalue weighted by molar-refractivity contribution is -0.121. The van der Waals surface area contributed by atoms with Crippen LogP contribution in [-0.2, 0) is 14.9 Å². The summed E-state index contributed by atoms with van der Waals surface area (Å²) >= 11 is 5.85. The Hall–Kier alpha value is -2.04. The highest BCUT2D eigenvalue weighted by molar-refractivity contribution is 6.30. The van der Waals surface area contributed by atoms with Gasteiger partial charge in [0, 0.05) is 36.6 Å². The Morgan fingerprint density at radius 2 is 1.78 bits per heavy atom. The molecular formula is C22H26ClNO3. The van der Waals surface area contributed by atoms with Crippen molar-refractivity contribution < 1.29 is 14.3 Å². The largest absolute Gasteiger partial charge is 0.494 e. The summed E-state index contributed by atoms with van der Waals surface area (Å²) in [5.41, 5.74) is 1.24. The predicted octanol–water partition coefficient (Wildman–Crippen LogP) is 4.36. The molecule has 2 aromatic rings. The molecule has 5 heteroatoms. The minimum absolute atomic E-state index is 0.0328. The minimum atomic E-state index is -0.0328. The molecule has 1 fully saturated rings. The van der Waals surface area contributed by atoms with Crippen molar-refractivity contribution in [2.75, 3.05) is 26.4 Å².